The van der Waals surface area contributed by atoms with Gasteiger partial charge in [0.25, 0.3) is 0 Å². The summed E-state index contributed by atoms with van der Waals surface area (Å²) in [4.78, 5) is 0. The Labute approximate surface area is 148 Å². The van der Waals surface area contributed by atoms with Crippen molar-refractivity contribution in [1.29, 1.82) is 21.2 Å². The van der Waals surface area contributed by atoms with Crippen molar-refractivity contribution in [3.63, 3.8) is 0 Å². The van der Waals surface area contributed by atoms with Crippen molar-refractivity contribution in [2.75, 3.05) is 0 Å². The highest BCUT2D eigenvalue weighted by Crippen LogP contribution is 2.51. The molecule has 1 aromatic rings. The fraction of sp³-hybridized carbons (Fsp3) is 0.333. The highest BCUT2D eigenvalue weighted by molar-refractivity contribution is 14.1. The van der Waals surface area contributed by atoms with Gasteiger partial charge in [-0.25, -0.2) is 0 Å². The minimum absolute atomic E-state index is 0.0713. The van der Waals surface area contributed by atoms with Crippen LogP contribution in [0.3, 0.4) is 0 Å². The highest BCUT2D eigenvalue weighted by atomic mass is 127. The summed E-state index contributed by atoms with van der Waals surface area (Å²) in [5.41, 5.74) is 0.0823. The number of nitrogens with one attached hydrogen (secondary N) is 1. The molecule has 1 saturated carbocycles. The first-order valence-electron chi connectivity index (χ1n) is 7.35. The molecule has 0 amide bonds. The number of nitrogens with zero attached hydrogens (tertiary/aromatic N) is 3. The lowest BCUT2D eigenvalue weighted by molar-refractivity contribution is 0.563. The fourth-order valence-corrected chi connectivity index (χ4v) is 3.56. The molecule has 0 aromatic heterocycles. The minimum Gasteiger partial charge on any atom is -0.305 e. The Bertz CT molecular complexity index is 799. The molecule has 1 N–H and O–H groups in total. The number of hydrogen-bond acceptors (Lipinski definition) is 4. The van der Waals surface area contributed by atoms with E-state index < -0.39 is 17.3 Å². The molecule has 4 nitrogen and oxygen atoms in total. The summed E-state index contributed by atoms with van der Waals surface area (Å²) in [6, 6.07) is 13.9. The topological polar surface area (TPSA) is 95.2 Å². The molecular weight excluding hydrogens is 399 g/mol. The molecule has 112 valence electrons. The highest BCUT2D eigenvalue weighted by Gasteiger charge is 2.52. The van der Waals surface area contributed by atoms with Crippen molar-refractivity contribution in [3.05, 3.63) is 45.0 Å². The number of nitriles is 3. The van der Waals surface area contributed by atoms with E-state index in [0.29, 0.717) is 5.92 Å². The lowest BCUT2D eigenvalue weighted by Gasteiger charge is -2.36. The van der Waals surface area contributed by atoms with Crippen LogP contribution < -0.4 is 0 Å². The van der Waals surface area contributed by atoms with Crippen LogP contribution in [0.2, 0.25) is 0 Å². The third-order valence-electron chi connectivity index (χ3n) is 4.63. The fourth-order valence-electron chi connectivity index (χ4n) is 3.20. The molecule has 0 bridgehead atoms. The molecule has 2 aliphatic rings. The molecule has 2 aliphatic carbocycles. The third kappa shape index (κ3) is 2.44. The van der Waals surface area contributed by atoms with E-state index >= 15 is 0 Å². The minimum atomic E-state index is -1.61. The molecule has 0 heterocycles. The molecule has 0 spiro atoms. The first-order valence-corrected chi connectivity index (χ1v) is 8.43. The molecule has 5 heteroatoms. The summed E-state index contributed by atoms with van der Waals surface area (Å²) in [6.45, 7) is 0. The maximum Gasteiger partial charge on any atom is 0.192 e. The van der Waals surface area contributed by atoms with Crippen molar-refractivity contribution in [2.45, 2.75) is 18.8 Å². The Balaban J connectivity index is 2.20. The van der Waals surface area contributed by atoms with Gasteiger partial charge in [0.05, 0.1) is 23.9 Å². The van der Waals surface area contributed by atoms with E-state index in [9.17, 15) is 15.8 Å². The van der Waals surface area contributed by atoms with Gasteiger partial charge in [0.15, 0.2) is 5.41 Å². The van der Waals surface area contributed by atoms with Gasteiger partial charge in [-0.2, -0.15) is 15.8 Å². The molecule has 1 aromatic carbocycles. The van der Waals surface area contributed by atoms with E-state index in [4.69, 9.17) is 5.41 Å². The van der Waals surface area contributed by atoms with Crippen LogP contribution in [0.25, 0.3) is 0 Å². The number of allylic oxidation sites excluding steroid dienone is 2. The Morgan fingerprint density at radius 3 is 2.17 bits per heavy atom. The Morgan fingerprint density at radius 2 is 1.70 bits per heavy atom. The first kappa shape index (κ1) is 15.7. The lowest BCUT2D eigenvalue weighted by atomic mass is 9.61. The Kier molecular flexibility index (Phi) is 3.96. The van der Waals surface area contributed by atoms with Crippen LogP contribution >= 0.6 is 22.6 Å². The zero-order valence-corrected chi connectivity index (χ0v) is 14.4. The largest absolute Gasteiger partial charge is 0.305 e. The molecule has 1 fully saturated rings. The van der Waals surface area contributed by atoms with Crippen molar-refractivity contribution < 1.29 is 0 Å². The maximum absolute atomic E-state index is 9.70. The van der Waals surface area contributed by atoms with Crippen LogP contribution in [-0.4, -0.2) is 5.71 Å². The van der Waals surface area contributed by atoms with E-state index in [-0.39, 0.29) is 5.71 Å². The van der Waals surface area contributed by atoms with Gasteiger partial charge in [0.1, 0.15) is 5.92 Å². The van der Waals surface area contributed by atoms with Gasteiger partial charge in [0.2, 0.25) is 0 Å². The summed E-state index contributed by atoms with van der Waals surface area (Å²) in [5, 5.41) is 37.3. The van der Waals surface area contributed by atoms with Crippen molar-refractivity contribution in [2.24, 2.45) is 17.3 Å². The van der Waals surface area contributed by atoms with Gasteiger partial charge in [-0.05, 0) is 64.6 Å². The average molecular weight is 412 g/mol. The number of rotatable bonds is 2. The molecule has 0 aliphatic heterocycles. The summed E-state index contributed by atoms with van der Waals surface area (Å²) in [7, 11) is 0. The zero-order chi connectivity index (χ0) is 16.6. The second-order valence-electron chi connectivity index (χ2n) is 5.98. The van der Waals surface area contributed by atoms with Crippen LogP contribution in [-0.2, 0) is 0 Å². The van der Waals surface area contributed by atoms with Crippen LogP contribution in [0.5, 0.6) is 0 Å². The molecule has 0 radical (unpaired) electrons. The zero-order valence-electron chi connectivity index (χ0n) is 12.3. The Hall–Kier alpha value is -2.17. The maximum atomic E-state index is 9.70. The summed E-state index contributed by atoms with van der Waals surface area (Å²) in [5.74, 6) is -0.925. The number of benzene rings is 1. The van der Waals surface area contributed by atoms with Crippen molar-refractivity contribution in [1.82, 2.24) is 0 Å². The molecule has 0 unspecified atom stereocenters. The summed E-state index contributed by atoms with van der Waals surface area (Å²) in [6.07, 6.45) is 3.95. The van der Waals surface area contributed by atoms with E-state index in [0.717, 1.165) is 27.5 Å². The molecule has 2 atom stereocenters. The van der Waals surface area contributed by atoms with E-state index in [1.54, 1.807) is 0 Å². The van der Waals surface area contributed by atoms with Gasteiger partial charge in [0, 0.05) is 9.49 Å². The Morgan fingerprint density at radius 1 is 1.09 bits per heavy atom. The summed E-state index contributed by atoms with van der Waals surface area (Å²) < 4.78 is 1.07. The van der Waals surface area contributed by atoms with Crippen molar-refractivity contribution >= 4 is 28.3 Å². The first-order chi connectivity index (χ1) is 11.1. The van der Waals surface area contributed by atoms with E-state index in [1.165, 1.54) is 0 Å². The van der Waals surface area contributed by atoms with Gasteiger partial charge in [-0.15, -0.1) is 0 Å². The van der Waals surface area contributed by atoms with Crippen LogP contribution in [0.15, 0.2) is 35.9 Å². The van der Waals surface area contributed by atoms with Gasteiger partial charge in [-0.1, -0.05) is 18.2 Å². The second-order valence-corrected chi connectivity index (χ2v) is 7.22. The predicted octanol–water partition coefficient (Wildman–Crippen LogP) is 3.92. The van der Waals surface area contributed by atoms with Crippen LogP contribution in [0.4, 0.5) is 0 Å². The monoisotopic (exact) mass is 412 g/mol. The third-order valence-corrected chi connectivity index (χ3v) is 5.35. The van der Waals surface area contributed by atoms with E-state index in [1.807, 2.05) is 42.5 Å². The average Bonchev–Trinajstić information content (AvgIpc) is 3.40. The van der Waals surface area contributed by atoms with Crippen LogP contribution in [0, 0.1) is 60.2 Å². The van der Waals surface area contributed by atoms with E-state index in [2.05, 4.69) is 28.7 Å². The quantitative estimate of drug-likeness (QED) is 0.589. The van der Waals surface area contributed by atoms with Gasteiger partial charge >= 0.3 is 0 Å². The smallest absolute Gasteiger partial charge is 0.192 e. The standard InChI is InChI=1S/C18H13IN4/c19-13-5-3-12(4-6-13)16-7-14(11-1-2-11)15(8-20)17(23)18(16,9-21)10-22/h3-7,11,15-16,23H,1-2H2/t15-,16+/m0/s1. The predicted molar refractivity (Wildman–Crippen MR) is 93.2 cm³/mol. The van der Waals surface area contributed by atoms with Crippen molar-refractivity contribution in [3.8, 4) is 18.2 Å². The molecular formula is C18H13IN4. The van der Waals surface area contributed by atoms with Gasteiger partial charge in [-0.3, -0.25) is 0 Å². The molecule has 23 heavy (non-hydrogen) atoms. The summed E-state index contributed by atoms with van der Waals surface area (Å²) >= 11 is 2.20. The number of halogens is 1. The molecule has 3 rings (SSSR count). The molecule has 0 saturated heterocycles. The second kappa shape index (κ2) is 5.80. The normalized spacial score (nSPS) is 25.7. The van der Waals surface area contributed by atoms with Gasteiger partial charge < -0.3 is 5.41 Å². The SMILES string of the molecule is N#C[C@@H]1C(=N)C(C#N)(C#N)[C@@H](c2ccc(I)cc2)C=C1C1CC1. The lowest BCUT2D eigenvalue weighted by Crippen LogP contribution is -2.42. The van der Waals surface area contributed by atoms with Crippen LogP contribution in [0.1, 0.15) is 24.3 Å². The number of hydrogen-bond donors (Lipinski definition) is 1.